The van der Waals surface area contributed by atoms with Crippen LogP contribution >= 0.6 is 0 Å². The second-order valence-corrected chi connectivity index (χ2v) is 5.96. The van der Waals surface area contributed by atoms with Gasteiger partial charge in [-0.3, -0.25) is 0 Å². The summed E-state index contributed by atoms with van der Waals surface area (Å²) in [4.78, 5) is 0. The first kappa shape index (κ1) is 16.2. The van der Waals surface area contributed by atoms with Gasteiger partial charge in [0.25, 0.3) is 0 Å². The minimum Gasteiger partial charge on any atom is -0.313 e. The van der Waals surface area contributed by atoms with Crippen LogP contribution in [0, 0.1) is 0 Å². The molecule has 108 valence electrons. The Morgan fingerprint density at radius 2 is 1.47 bits per heavy atom. The van der Waals surface area contributed by atoms with Crippen molar-refractivity contribution >= 4 is 0 Å². The second-order valence-electron chi connectivity index (χ2n) is 5.96. The van der Waals surface area contributed by atoms with Gasteiger partial charge in [-0.25, -0.2) is 0 Å². The fraction of sp³-hybridized carbons (Fsp3) is 0.667. The molecule has 1 N–H and O–H groups in total. The van der Waals surface area contributed by atoms with Crippen LogP contribution in [0.3, 0.4) is 0 Å². The predicted molar refractivity (Wildman–Crippen MR) is 85.9 cm³/mol. The van der Waals surface area contributed by atoms with Crippen LogP contribution in [0.5, 0.6) is 0 Å². The van der Waals surface area contributed by atoms with Crippen molar-refractivity contribution in [1.82, 2.24) is 5.32 Å². The van der Waals surface area contributed by atoms with Crippen LogP contribution in [0.1, 0.15) is 76.8 Å². The van der Waals surface area contributed by atoms with Gasteiger partial charge in [0.2, 0.25) is 0 Å². The smallest absolute Gasteiger partial charge is 0.0133 e. The van der Waals surface area contributed by atoms with Crippen LogP contribution in [0.4, 0.5) is 0 Å². The highest BCUT2D eigenvalue weighted by atomic mass is 14.9. The summed E-state index contributed by atoms with van der Waals surface area (Å²) in [5.74, 6) is 1.21. The van der Waals surface area contributed by atoms with E-state index in [1.54, 1.807) is 0 Å². The minimum atomic E-state index is 0.590. The first-order chi connectivity index (χ1) is 9.10. The van der Waals surface area contributed by atoms with Crippen LogP contribution in [-0.2, 0) is 0 Å². The molecule has 0 spiro atoms. The largest absolute Gasteiger partial charge is 0.313 e. The van der Waals surface area contributed by atoms with E-state index in [-0.39, 0.29) is 0 Å². The molecule has 19 heavy (non-hydrogen) atoms. The summed E-state index contributed by atoms with van der Waals surface area (Å²) in [7, 11) is 0. The Morgan fingerprint density at radius 1 is 0.895 bits per heavy atom. The summed E-state index contributed by atoms with van der Waals surface area (Å²) >= 11 is 0. The molecule has 0 saturated heterocycles. The molecular formula is C18H31N. The zero-order valence-corrected chi connectivity index (χ0v) is 13.4. The molecule has 1 nitrogen and oxygen atoms in total. The highest BCUT2D eigenvalue weighted by Gasteiger charge is 2.17. The summed E-state index contributed by atoms with van der Waals surface area (Å²) in [6, 6.07) is 9.82. The van der Waals surface area contributed by atoms with Crippen LogP contribution < -0.4 is 5.32 Å². The lowest BCUT2D eigenvalue weighted by atomic mass is 9.89. The molecule has 2 unspecified atom stereocenters. The van der Waals surface area contributed by atoms with E-state index >= 15 is 0 Å². The Bertz CT molecular complexity index is 339. The minimum absolute atomic E-state index is 0.590. The van der Waals surface area contributed by atoms with Gasteiger partial charge in [0.15, 0.2) is 0 Å². The number of hydrogen-bond donors (Lipinski definition) is 1. The van der Waals surface area contributed by atoms with Crippen LogP contribution in [0.2, 0.25) is 0 Å². The third-order valence-corrected chi connectivity index (χ3v) is 3.99. The molecule has 0 aliphatic carbocycles. The molecule has 0 bridgehead atoms. The normalized spacial score (nSPS) is 14.6. The van der Waals surface area contributed by atoms with E-state index in [0.717, 1.165) is 6.54 Å². The molecule has 0 aliphatic heterocycles. The monoisotopic (exact) mass is 261 g/mol. The predicted octanol–water partition coefficient (Wildman–Crippen LogP) is 5.08. The van der Waals surface area contributed by atoms with E-state index < -0.39 is 0 Å². The average Bonchev–Trinajstić information content (AvgIpc) is 2.42. The third-order valence-electron chi connectivity index (χ3n) is 3.99. The first-order valence-corrected chi connectivity index (χ1v) is 7.93. The molecular weight excluding hydrogens is 230 g/mol. The van der Waals surface area contributed by atoms with Crippen LogP contribution in [0.25, 0.3) is 0 Å². The first-order valence-electron chi connectivity index (χ1n) is 7.93. The molecule has 1 aromatic rings. The Labute approximate surface area is 119 Å². The lowest BCUT2D eigenvalue weighted by Crippen LogP contribution is -2.34. The topological polar surface area (TPSA) is 12.0 Å². The summed E-state index contributed by atoms with van der Waals surface area (Å²) in [5, 5.41) is 3.71. The second kappa shape index (κ2) is 8.37. The lowest BCUT2D eigenvalue weighted by molar-refractivity contribution is 0.420. The Kier molecular flexibility index (Phi) is 7.15. The molecule has 0 aromatic heterocycles. The van der Waals surface area contributed by atoms with Crippen molar-refractivity contribution in [1.29, 1.82) is 0 Å². The van der Waals surface area contributed by atoms with Crippen molar-refractivity contribution in [2.45, 2.75) is 71.8 Å². The van der Waals surface area contributed by atoms with Crippen molar-refractivity contribution in [3.05, 3.63) is 35.4 Å². The fourth-order valence-corrected chi connectivity index (χ4v) is 2.59. The molecule has 0 aliphatic rings. The van der Waals surface area contributed by atoms with E-state index in [4.69, 9.17) is 0 Å². The lowest BCUT2D eigenvalue weighted by Gasteiger charge is -2.25. The SMILES string of the molecule is CCCNC(CCC)C(C)c1ccc(C(C)C)cc1. The Morgan fingerprint density at radius 3 is 1.95 bits per heavy atom. The van der Waals surface area contributed by atoms with E-state index in [1.807, 2.05) is 0 Å². The van der Waals surface area contributed by atoms with Crippen molar-refractivity contribution in [2.24, 2.45) is 0 Å². The summed E-state index contributed by atoms with van der Waals surface area (Å²) in [5.41, 5.74) is 2.90. The highest BCUT2D eigenvalue weighted by Crippen LogP contribution is 2.24. The van der Waals surface area contributed by atoms with Crippen molar-refractivity contribution in [3.63, 3.8) is 0 Å². The molecule has 0 fully saturated rings. The molecule has 0 radical (unpaired) electrons. The maximum Gasteiger partial charge on any atom is 0.0133 e. The summed E-state index contributed by atoms with van der Waals surface area (Å²) in [6.45, 7) is 12.5. The van der Waals surface area contributed by atoms with Gasteiger partial charge < -0.3 is 5.32 Å². The van der Waals surface area contributed by atoms with Gasteiger partial charge in [-0.1, -0.05) is 65.3 Å². The number of rotatable bonds is 8. The van der Waals surface area contributed by atoms with Crippen LogP contribution in [0.15, 0.2) is 24.3 Å². The van der Waals surface area contributed by atoms with Crippen molar-refractivity contribution < 1.29 is 0 Å². The van der Waals surface area contributed by atoms with Gasteiger partial charge in [-0.15, -0.1) is 0 Å². The standard InChI is InChI=1S/C18H31N/c1-6-8-18(19-13-7-2)15(5)17-11-9-16(10-12-17)14(3)4/h9-12,14-15,18-19H,6-8,13H2,1-5H3. The molecule has 1 rings (SSSR count). The van der Waals surface area contributed by atoms with Gasteiger partial charge in [0.05, 0.1) is 0 Å². The number of nitrogens with one attached hydrogen (secondary N) is 1. The fourth-order valence-electron chi connectivity index (χ4n) is 2.59. The van der Waals surface area contributed by atoms with E-state index in [9.17, 15) is 0 Å². The summed E-state index contributed by atoms with van der Waals surface area (Å²) < 4.78 is 0. The quantitative estimate of drug-likeness (QED) is 0.688. The van der Waals surface area contributed by atoms with Crippen molar-refractivity contribution in [3.8, 4) is 0 Å². The molecule has 1 aromatic carbocycles. The third kappa shape index (κ3) is 4.99. The maximum atomic E-state index is 3.71. The number of hydrogen-bond acceptors (Lipinski definition) is 1. The van der Waals surface area contributed by atoms with E-state index in [1.165, 1.54) is 30.4 Å². The molecule has 0 amide bonds. The Balaban J connectivity index is 2.74. The van der Waals surface area contributed by atoms with E-state index in [2.05, 4.69) is 64.2 Å². The molecule has 1 heteroatoms. The molecule has 0 saturated carbocycles. The summed E-state index contributed by atoms with van der Waals surface area (Å²) in [6.07, 6.45) is 3.71. The molecule has 0 heterocycles. The highest BCUT2D eigenvalue weighted by molar-refractivity contribution is 5.27. The zero-order valence-electron chi connectivity index (χ0n) is 13.4. The number of benzene rings is 1. The van der Waals surface area contributed by atoms with Gasteiger partial charge >= 0.3 is 0 Å². The molecule has 2 atom stereocenters. The van der Waals surface area contributed by atoms with Gasteiger partial charge in [0.1, 0.15) is 0 Å². The Hall–Kier alpha value is -0.820. The zero-order chi connectivity index (χ0) is 14.3. The maximum absolute atomic E-state index is 3.71. The van der Waals surface area contributed by atoms with Crippen molar-refractivity contribution in [2.75, 3.05) is 6.54 Å². The van der Waals surface area contributed by atoms with Gasteiger partial charge in [0, 0.05) is 6.04 Å². The van der Waals surface area contributed by atoms with Gasteiger partial charge in [-0.05, 0) is 42.3 Å². The van der Waals surface area contributed by atoms with Crippen LogP contribution in [-0.4, -0.2) is 12.6 Å². The van der Waals surface area contributed by atoms with E-state index in [0.29, 0.717) is 17.9 Å². The average molecular weight is 261 g/mol. The van der Waals surface area contributed by atoms with Gasteiger partial charge in [-0.2, -0.15) is 0 Å².